The highest BCUT2D eigenvalue weighted by Gasteiger charge is 2.26. The van der Waals surface area contributed by atoms with Crippen molar-refractivity contribution in [3.8, 4) is 55.6 Å². The van der Waals surface area contributed by atoms with Crippen molar-refractivity contribution in [1.29, 1.82) is 0 Å². The van der Waals surface area contributed by atoms with Gasteiger partial charge in [0.1, 0.15) is 0 Å². The van der Waals surface area contributed by atoms with Crippen LogP contribution in [0.25, 0.3) is 153 Å². The van der Waals surface area contributed by atoms with Gasteiger partial charge in [0.2, 0.25) is 0 Å². The first-order valence-electron chi connectivity index (χ1n) is 24.5. The third-order valence-corrected chi connectivity index (χ3v) is 14.9. The third kappa shape index (κ3) is 6.12. The van der Waals surface area contributed by atoms with E-state index in [9.17, 15) is 0 Å². The Bertz CT molecular complexity index is 4740. The van der Waals surface area contributed by atoms with Gasteiger partial charge in [-0.15, -0.1) is 0 Å². The van der Waals surface area contributed by atoms with Gasteiger partial charge in [0, 0.05) is 46.3 Å². The van der Waals surface area contributed by atoms with Crippen LogP contribution in [0.5, 0.6) is 0 Å². The van der Waals surface area contributed by atoms with E-state index in [0.717, 1.165) is 104 Å². The van der Waals surface area contributed by atoms with Crippen molar-refractivity contribution in [2.24, 2.45) is 0 Å². The van der Waals surface area contributed by atoms with Crippen LogP contribution in [-0.4, -0.2) is 19.9 Å². The molecule has 0 fully saturated rings. The fourth-order valence-corrected chi connectivity index (χ4v) is 11.8. The number of nitrogens with zero attached hydrogens (tertiary/aromatic N) is 4. The minimum absolute atomic E-state index is 0.879. The van der Waals surface area contributed by atoms with Gasteiger partial charge >= 0.3 is 0 Å². The maximum atomic E-state index is 5.08. The summed E-state index contributed by atoms with van der Waals surface area (Å²) >= 11 is 0. The predicted octanol–water partition coefficient (Wildman–Crippen LogP) is 18.0. The Labute approximate surface area is 414 Å². The fraction of sp³-hybridized carbons (Fsp3) is 0. The van der Waals surface area contributed by atoms with Crippen LogP contribution in [0.4, 0.5) is 0 Å². The molecular formula is C68H40N4. The average molecular weight is 913 g/mol. The van der Waals surface area contributed by atoms with Gasteiger partial charge in [-0.25, -0.2) is 0 Å². The van der Waals surface area contributed by atoms with Gasteiger partial charge in [-0.3, -0.25) is 19.9 Å². The first kappa shape index (κ1) is 40.3. The summed E-state index contributed by atoms with van der Waals surface area (Å²) in [7, 11) is 0. The van der Waals surface area contributed by atoms with Gasteiger partial charge < -0.3 is 0 Å². The summed E-state index contributed by atoms with van der Waals surface area (Å²) in [6.45, 7) is 0. The van der Waals surface area contributed by atoms with Crippen LogP contribution in [0.3, 0.4) is 0 Å². The molecule has 0 atom stereocenters. The zero-order valence-corrected chi connectivity index (χ0v) is 38.9. The first-order chi connectivity index (χ1) is 35.7. The molecule has 0 aliphatic heterocycles. The molecule has 0 N–H and O–H groups in total. The molecule has 0 aliphatic rings. The van der Waals surface area contributed by atoms with Crippen molar-refractivity contribution < 1.29 is 0 Å². The van der Waals surface area contributed by atoms with Gasteiger partial charge in [0.05, 0.1) is 22.1 Å². The molecule has 0 spiro atoms. The standard InChI is InChI=1S/C68H40N4/c1-3-15-41(16-4-1)45-29-30-51-55(36-45)64(57-38-48-22-12-32-70-66(48)68-53(57)26-14-34-72-68)60-40-58-54(39-59(60)63(51)56-37-47-21-11-31-69-65(47)67-52(56)25-13-33-71-67)49-23-9-10-24-50(49)62(61(58)43-18-5-2-6-19-43)46-28-27-42-17-7-8-20-44(42)35-46/h1-40H. The lowest BCUT2D eigenvalue weighted by Crippen LogP contribution is -1.97. The number of aromatic nitrogens is 4. The topological polar surface area (TPSA) is 51.6 Å². The third-order valence-electron chi connectivity index (χ3n) is 14.9. The first-order valence-corrected chi connectivity index (χ1v) is 24.5. The van der Waals surface area contributed by atoms with Gasteiger partial charge in [-0.2, -0.15) is 0 Å². The molecule has 0 amide bonds. The number of hydrogen-bond acceptors (Lipinski definition) is 4. The fourth-order valence-electron chi connectivity index (χ4n) is 11.8. The van der Waals surface area contributed by atoms with Gasteiger partial charge in [-0.1, -0.05) is 158 Å². The number of hydrogen-bond donors (Lipinski definition) is 0. The van der Waals surface area contributed by atoms with E-state index < -0.39 is 0 Å². The normalized spacial score (nSPS) is 11.9. The summed E-state index contributed by atoms with van der Waals surface area (Å²) in [4.78, 5) is 20.0. The van der Waals surface area contributed by atoms with Crippen molar-refractivity contribution in [3.05, 3.63) is 243 Å². The molecule has 0 saturated carbocycles. The molecule has 4 aromatic heterocycles. The average Bonchev–Trinajstić information content (AvgIpc) is 3.46. The van der Waals surface area contributed by atoms with Crippen molar-refractivity contribution >= 4 is 97.5 Å². The molecule has 0 saturated heterocycles. The Morgan fingerprint density at radius 2 is 0.639 bits per heavy atom. The van der Waals surface area contributed by atoms with E-state index in [0.29, 0.717) is 0 Å². The largest absolute Gasteiger partial charge is 0.254 e. The smallest absolute Gasteiger partial charge is 0.0970 e. The molecular weight excluding hydrogens is 873 g/mol. The molecule has 0 aliphatic carbocycles. The monoisotopic (exact) mass is 912 g/mol. The summed E-state index contributed by atoms with van der Waals surface area (Å²) in [5.74, 6) is 0. The van der Waals surface area contributed by atoms with E-state index in [1.807, 2.05) is 36.9 Å². The van der Waals surface area contributed by atoms with Crippen LogP contribution in [0.1, 0.15) is 0 Å². The summed E-state index contributed by atoms with van der Waals surface area (Å²) in [6.07, 6.45) is 7.51. The van der Waals surface area contributed by atoms with Gasteiger partial charge in [0.25, 0.3) is 0 Å². The molecule has 72 heavy (non-hydrogen) atoms. The van der Waals surface area contributed by atoms with E-state index in [-0.39, 0.29) is 0 Å². The molecule has 332 valence electrons. The molecule has 0 unspecified atom stereocenters. The predicted molar refractivity (Wildman–Crippen MR) is 302 cm³/mol. The van der Waals surface area contributed by atoms with Crippen molar-refractivity contribution in [2.45, 2.75) is 0 Å². The molecule has 15 rings (SSSR count). The van der Waals surface area contributed by atoms with E-state index in [1.54, 1.807) is 0 Å². The van der Waals surface area contributed by atoms with Crippen LogP contribution < -0.4 is 0 Å². The number of benzene rings is 11. The Kier molecular flexibility index (Phi) is 8.92. The number of pyridine rings is 4. The number of rotatable bonds is 5. The van der Waals surface area contributed by atoms with Crippen molar-refractivity contribution in [3.63, 3.8) is 0 Å². The van der Waals surface area contributed by atoms with E-state index >= 15 is 0 Å². The summed E-state index contributed by atoms with van der Waals surface area (Å²) in [6, 6.07) is 80.1. The van der Waals surface area contributed by atoms with E-state index in [2.05, 4.69) is 206 Å². The maximum absolute atomic E-state index is 5.08. The van der Waals surface area contributed by atoms with Crippen molar-refractivity contribution in [1.82, 2.24) is 19.9 Å². The lowest BCUT2D eigenvalue weighted by atomic mass is 9.79. The second-order valence-electron chi connectivity index (χ2n) is 18.8. The molecule has 0 bridgehead atoms. The molecule has 15 aromatic rings. The highest BCUT2D eigenvalue weighted by Crippen LogP contribution is 2.53. The Hall–Kier alpha value is -9.64. The second kappa shape index (κ2) is 16.0. The summed E-state index contributed by atoms with van der Waals surface area (Å²) in [5.41, 5.74) is 15.1. The molecule has 4 heterocycles. The van der Waals surface area contributed by atoms with Gasteiger partial charge in [0.15, 0.2) is 0 Å². The molecule has 11 aromatic carbocycles. The SMILES string of the molecule is c1ccc(-c2ccc3c(-c4cc5cccnc5c5ncccc45)c4cc5c(cc4c(-c4cc6cccnc6c6ncccc46)c3c2)c(-c2ccccc2)c(-c2ccc3ccccc3c2)c2ccccc25)cc1. The van der Waals surface area contributed by atoms with Crippen LogP contribution in [0.2, 0.25) is 0 Å². The maximum Gasteiger partial charge on any atom is 0.0970 e. The van der Waals surface area contributed by atoms with E-state index in [4.69, 9.17) is 19.9 Å². The quantitative estimate of drug-likeness (QED) is 0.128. The van der Waals surface area contributed by atoms with Crippen LogP contribution >= 0.6 is 0 Å². The Morgan fingerprint density at radius 1 is 0.194 bits per heavy atom. The molecule has 4 heteroatoms. The molecule has 4 nitrogen and oxygen atoms in total. The minimum Gasteiger partial charge on any atom is -0.254 e. The Balaban J connectivity index is 1.21. The summed E-state index contributed by atoms with van der Waals surface area (Å²) in [5, 5.41) is 16.0. The number of fused-ring (bicyclic) bond motifs is 12. The Morgan fingerprint density at radius 3 is 1.31 bits per heavy atom. The summed E-state index contributed by atoms with van der Waals surface area (Å²) < 4.78 is 0. The van der Waals surface area contributed by atoms with Crippen LogP contribution in [0, 0.1) is 0 Å². The lowest BCUT2D eigenvalue weighted by Gasteiger charge is -2.24. The minimum atomic E-state index is 0.879. The highest BCUT2D eigenvalue weighted by molar-refractivity contribution is 6.32. The lowest BCUT2D eigenvalue weighted by molar-refractivity contribution is 1.37. The van der Waals surface area contributed by atoms with E-state index in [1.165, 1.54) is 49.0 Å². The molecule has 0 radical (unpaired) electrons. The van der Waals surface area contributed by atoms with Crippen LogP contribution in [0.15, 0.2) is 243 Å². The highest BCUT2D eigenvalue weighted by atomic mass is 14.7. The van der Waals surface area contributed by atoms with Gasteiger partial charge in [-0.05, 0) is 170 Å². The zero-order chi connectivity index (χ0) is 47.3. The van der Waals surface area contributed by atoms with Crippen molar-refractivity contribution in [2.75, 3.05) is 0 Å². The zero-order valence-electron chi connectivity index (χ0n) is 38.9. The van der Waals surface area contributed by atoms with Crippen LogP contribution in [-0.2, 0) is 0 Å². The second-order valence-corrected chi connectivity index (χ2v) is 18.8.